The number of nitrogens with zero attached hydrogens (tertiary/aromatic N) is 4. The third kappa shape index (κ3) is 6.09. The molecule has 0 saturated carbocycles. The van der Waals surface area contributed by atoms with Crippen LogP contribution in [0, 0.1) is 5.92 Å². The molecular formula is C25H24ClN5O5. The fourth-order valence-corrected chi connectivity index (χ4v) is 3.57. The molecule has 36 heavy (non-hydrogen) atoms. The highest BCUT2D eigenvalue weighted by molar-refractivity contribution is 6.30. The van der Waals surface area contributed by atoms with Crippen LogP contribution in [0.25, 0.3) is 0 Å². The summed E-state index contributed by atoms with van der Waals surface area (Å²) in [4.78, 5) is 35.3. The van der Waals surface area contributed by atoms with E-state index in [9.17, 15) is 19.8 Å². The Bertz CT molecular complexity index is 1240. The topological polar surface area (TPSA) is 128 Å². The lowest BCUT2D eigenvalue weighted by Gasteiger charge is -2.42. The fourth-order valence-electron chi connectivity index (χ4n) is 3.45. The van der Waals surface area contributed by atoms with Crippen molar-refractivity contribution in [1.82, 2.24) is 20.1 Å². The van der Waals surface area contributed by atoms with Crippen molar-refractivity contribution in [3.05, 3.63) is 83.5 Å². The number of ether oxygens (including phenoxy) is 1. The number of carboxylic acids is 1. The molecule has 2 amide bonds. The number of rotatable bonds is 8. The van der Waals surface area contributed by atoms with Gasteiger partial charge in [0.15, 0.2) is 0 Å². The smallest absolute Gasteiger partial charge is 0.327 e. The number of carboxylic acid groups (broad SMARTS) is 1. The molecule has 0 aliphatic carbocycles. The van der Waals surface area contributed by atoms with E-state index in [0.717, 1.165) is 10.5 Å². The van der Waals surface area contributed by atoms with Crippen molar-refractivity contribution in [2.24, 2.45) is 10.9 Å². The Morgan fingerprint density at radius 1 is 1.14 bits per heavy atom. The first-order valence-corrected chi connectivity index (χ1v) is 11.4. The first kappa shape index (κ1) is 25.0. The Morgan fingerprint density at radius 2 is 1.86 bits per heavy atom. The van der Waals surface area contributed by atoms with E-state index in [4.69, 9.17) is 16.3 Å². The van der Waals surface area contributed by atoms with Crippen molar-refractivity contribution >= 4 is 35.2 Å². The summed E-state index contributed by atoms with van der Waals surface area (Å²) in [7, 11) is 0. The first-order chi connectivity index (χ1) is 17.3. The van der Waals surface area contributed by atoms with E-state index in [1.807, 2.05) is 6.07 Å². The van der Waals surface area contributed by atoms with E-state index in [-0.39, 0.29) is 19.0 Å². The van der Waals surface area contributed by atoms with Crippen LogP contribution in [0.1, 0.15) is 12.5 Å². The third-order valence-electron chi connectivity index (χ3n) is 5.40. The summed E-state index contributed by atoms with van der Waals surface area (Å²) in [5.74, 6) is -0.846. The number of carbonyl (C=O) groups excluding carboxylic acids is 1. The molecule has 11 heteroatoms. The number of pyridine rings is 1. The molecular weight excluding hydrogens is 486 g/mol. The minimum absolute atomic E-state index is 0.111. The molecule has 3 N–H and O–H groups in total. The van der Waals surface area contributed by atoms with Gasteiger partial charge >= 0.3 is 12.0 Å². The van der Waals surface area contributed by atoms with Crippen LogP contribution >= 0.6 is 11.6 Å². The molecule has 1 aliphatic rings. The maximum atomic E-state index is 12.8. The van der Waals surface area contributed by atoms with Gasteiger partial charge in [0, 0.05) is 23.8 Å². The number of guanidine groups is 1. The van der Waals surface area contributed by atoms with Gasteiger partial charge in [-0.3, -0.25) is 19.9 Å². The molecule has 4 rings (SSSR count). The predicted octanol–water partition coefficient (Wildman–Crippen LogP) is 4.04. The van der Waals surface area contributed by atoms with Crippen molar-refractivity contribution in [1.29, 1.82) is 0 Å². The van der Waals surface area contributed by atoms with Gasteiger partial charge in [-0.1, -0.05) is 36.7 Å². The summed E-state index contributed by atoms with van der Waals surface area (Å²) in [5.41, 5.74) is 1.30. The zero-order valence-electron chi connectivity index (χ0n) is 19.3. The van der Waals surface area contributed by atoms with Crippen LogP contribution in [-0.2, 0) is 11.3 Å². The lowest BCUT2D eigenvalue weighted by Crippen LogP contribution is -2.66. The van der Waals surface area contributed by atoms with Gasteiger partial charge in [0.05, 0.1) is 18.2 Å². The Morgan fingerprint density at radius 3 is 2.50 bits per heavy atom. The number of aromatic nitrogens is 1. The van der Waals surface area contributed by atoms with E-state index < -0.39 is 24.3 Å². The molecule has 1 saturated heterocycles. The average molecular weight is 510 g/mol. The van der Waals surface area contributed by atoms with Gasteiger partial charge in [-0.25, -0.2) is 14.8 Å². The number of aliphatic hydroxyl groups is 1. The second-order valence-corrected chi connectivity index (χ2v) is 8.56. The minimum Gasteiger partial charge on any atom is -0.481 e. The molecule has 3 aromatic rings. The second-order valence-electron chi connectivity index (χ2n) is 8.12. The Hall–Kier alpha value is -4.15. The molecule has 1 unspecified atom stereocenters. The number of aliphatic imine (C=N–C) groups is 1. The summed E-state index contributed by atoms with van der Waals surface area (Å²) in [6.45, 7) is 1.45. The fraction of sp³-hybridized carbons (Fsp3) is 0.200. The van der Waals surface area contributed by atoms with Crippen molar-refractivity contribution in [3.8, 4) is 11.6 Å². The summed E-state index contributed by atoms with van der Waals surface area (Å²) in [6.07, 6.45) is 0.185. The molecule has 1 fully saturated rings. The van der Waals surface area contributed by atoms with Crippen molar-refractivity contribution in [2.45, 2.75) is 19.8 Å². The van der Waals surface area contributed by atoms with Gasteiger partial charge in [-0.15, -0.1) is 0 Å². The van der Waals surface area contributed by atoms with Crippen LogP contribution in [0.15, 0.2) is 77.9 Å². The number of urea groups is 1. The van der Waals surface area contributed by atoms with Crippen molar-refractivity contribution < 1.29 is 24.5 Å². The quantitative estimate of drug-likeness (QED) is 0.418. The minimum atomic E-state index is -1.44. The number of halogens is 1. The van der Waals surface area contributed by atoms with Crippen LogP contribution in [0.3, 0.4) is 0 Å². The molecule has 0 spiro atoms. The summed E-state index contributed by atoms with van der Waals surface area (Å²) in [5, 5.41) is 23.6. The summed E-state index contributed by atoms with van der Waals surface area (Å²) < 4.78 is 5.69. The van der Waals surface area contributed by atoms with E-state index >= 15 is 0 Å². The predicted molar refractivity (Wildman–Crippen MR) is 133 cm³/mol. The van der Waals surface area contributed by atoms with E-state index in [1.54, 1.807) is 66.9 Å². The standard InChI is InChI=1S/C25H24ClN5O5/c1-16(22(32)33)14-31-24(34)29-23(30(25(31)35)15-17-5-7-18(26)8-6-17)28-19-9-11-20(12-10-19)36-21-4-2-3-13-27-21/h2-13,16,25,35H,14-15H2,1H3,(H,32,33)(H,28,29,34)/t16-,25?/m0/s1. The number of hydrogen-bond donors (Lipinski definition) is 3. The van der Waals surface area contributed by atoms with E-state index in [2.05, 4.69) is 15.3 Å². The lowest BCUT2D eigenvalue weighted by molar-refractivity contribution is -0.143. The maximum Gasteiger partial charge on any atom is 0.327 e. The van der Waals surface area contributed by atoms with Crippen LogP contribution in [0.4, 0.5) is 10.5 Å². The molecule has 186 valence electrons. The highest BCUT2D eigenvalue weighted by Crippen LogP contribution is 2.24. The van der Waals surface area contributed by atoms with Gasteiger partial charge < -0.3 is 14.9 Å². The van der Waals surface area contributed by atoms with Crippen molar-refractivity contribution in [3.63, 3.8) is 0 Å². The van der Waals surface area contributed by atoms with Crippen LogP contribution in [0.5, 0.6) is 11.6 Å². The van der Waals surface area contributed by atoms with Gasteiger partial charge in [0.25, 0.3) is 0 Å². The molecule has 1 aliphatic heterocycles. The van der Waals surface area contributed by atoms with Gasteiger partial charge in [0.1, 0.15) is 5.75 Å². The number of nitrogens with one attached hydrogen (secondary N) is 1. The van der Waals surface area contributed by atoms with E-state index in [0.29, 0.717) is 22.3 Å². The Balaban J connectivity index is 1.59. The van der Waals surface area contributed by atoms with Gasteiger partial charge in [0.2, 0.25) is 18.2 Å². The van der Waals surface area contributed by atoms with Crippen LogP contribution in [-0.4, -0.2) is 55.9 Å². The SMILES string of the molecule is C[C@@H](CN1C(=O)N/C(=N\c2ccc(Oc3ccccn3)cc2)N(Cc2ccc(Cl)cc2)C1O)C(=O)O. The molecule has 0 radical (unpaired) electrons. The normalized spacial score (nSPS) is 17.6. The molecule has 2 atom stereocenters. The highest BCUT2D eigenvalue weighted by atomic mass is 35.5. The Labute approximate surface area is 212 Å². The largest absolute Gasteiger partial charge is 0.481 e. The summed E-state index contributed by atoms with van der Waals surface area (Å²) in [6, 6.07) is 18.5. The number of aliphatic carboxylic acids is 1. The average Bonchev–Trinajstić information content (AvgIpc) is 2.87. The van der Waals surface area contributed by atoms with E-state index in [1.165, 1.54) is 11.8 Å². The first-order valence-electron chi connectivity index (χ1n) is 11.1. The summed E-state index contributed by atoms with van der Waals surface area (Å²) >= 11 is 5.99. The zero-order chi connectivity index (χ0) is 25.7. The number of amides is 2. The van der Waals surface area contributed by atoms with Crippen molar-refractivity contribution in [2.75, 3.05) is 6.54 Å². The Kier molecular flexibility index (Phi) is 7.67. The monoisotopic (exact) mass is 509 g/mol. The second kappa shape index (κ2) is 11.1. The highest BCUT2D eigenvalue weighted by Gasteiger charge is 2.37. The third-order valence-corrected chi connectivity index (χ3v) is 5.65. The zero-order valence-corrected chi connectivity index (χ0v) is 20.0. The van der Waals surface area contributed by atoms with Gasteiger partial charge in [-0.05, 0) is 48.0 Å². The number of hydrogen-bond acceptors (Lipinski definition) is 6. The molecule has 0 bridgehead atoms. The molecule has 1 aromatic heterocycles. The molecule has 2 heterocycles. The van der Waals surface area contributed by atoms with Gasteiger partial charge in [-0.2, -0.15) is 0 Å². The van der Waals surface area contributed by atoms with Crippen LogP contribution < -0.4 is 10.1 Å². The number of carbonyl (C=O) groups is 2. The lowest BCUT2D eigenvalue weighted by atomic mass is 10.1. The molecule has 2 aromatic carbocycles. The molecule has 10 nitrogen and oxygen atoms in total. The maximum absolute atomic E-state index is 12.8. The number of aliphatic hydroxyl groups excluding tert-OH is 1. The number of benzene rings is 2. The van der Waals surface area contributed by atoms with Crippen LogP contribution in [0.2, 0.25) is 5.02 Å².